The summed E-state index contributed by atoms with van der Waals surface area (Å²) in [5, 5.41) is 15.4. The maximum Gasteiger partial charge on any atom is 0.346 e. The number of thiophene rings is 1. The number of carboxylic acid groups (broad SMARTS) is 1. The first kappa shape index (κ1) is 13.9. The molecule has 0 spiro atoms. The first-order chi connectivity index (χ1) is 9.02. The van der Waals surface area contributed by atoms with Crippen LogP contribution in [0.25, 0.3) is 0 Å². The van der Waals surface area contributed by atoms with Gasteiger partial charge in [0.15, 0.2) is 0 Å². The van der Waals surface area contributed by atoms with Crippen LogP contribution in [0.15, 0.2) is 11.4 Å². The van der Waals surface area contributed by atoms with Gasteiger partial charge < -0.3 is 9.84 Å². The third-order valence-corrected chi connectivity index (χ3v) is 4.00. The van der Waals surface area contributed by atoms with Crippen molar-refractivity contribution < 1.29 is 14.6 Å². The van der Waals surface area contributed by atoms with Crippen molar-refractivity contribution in [3.8, 4) is 5.75 Å². The molecule has 0 fully saturated rings. The fourth-order valence-electron chi connectivity index (χ4n) is 1.67. The van der Waals surface area contributed by atoms with Gasteiger partial charge >= 0.3 is 5.97 Å². The van der Waals surface area contributed by atoms with Crippen LogP contribution >= 0.6 is 22.9 Å². The Kier molecular flexibility index (Phi) is 4.11. The molecule has 0 bridgehead atoms. The molecule has 0 aliphatic heterocycles. The summed E-state index contributed by atoms with van der Waals surface area (Å²) in [4.78, 5) is 11.0. The van der Waals surface area contributed by atoms with E-state index in [1.165, 1.54) is 6.07 Å². The molecule has 0 saturated carbocycles. The molecule has 2 heterocycles. The van der Waals surface area contributed by atoms with Crippen molar-refractivity contribution in [1.82, 2.24) is 9.78 Å². The summed E-state index contributed by atoms with van der Waals surface area (Å²) < 4.78 is 7.34. The van der Waals surface area contributed by atoms with Crippen LogP contribution in [-0.4, -0.2) is 20.9 Å². The fourth-order valence-corrected chi connectivity index (χ4v) is 2.52. The molecule has 0 unspecified atom stereocenters. The predicted octanol–water partition coefficient (Wildman–Crippen LogP) is 3.20. The summed E-state index contributed by atoms with van der Waals surface area (Å²) in [5.74, 6) is -0.424. The van der Waals surface area contributed by atoms with Gasteiger partial charge in [-0.15, -0.1) is 11.3 Å². The molecular formula is C12H13ClN2O3S. The van der Waals surface area contributed by atoms with Gasteiger partial charge in [0.2, 0.25) is 0 Å². The van der Waals surface area contributed by atoms with Crippen LogP contribution in [-0.2, 0) is 13.2 Å². The highest BCUT2D eigenvalue weighted by Crippen LogP contribution is 2.25. The van der Waals surface area contributed by atoms with Crippen molar-refractivity contribution in [1.29, 1.82) is 0 Å². The quantitative estimate of drug-likeness (QED) is 0.921. The van der Waals surface area contributed by atoms with Gasteiger partial charge in [-0.2, -0.15) is 5.10 Å². The van der Waals surface area contributed by atoms with Gasteiger partial charge in [-0.1, -0.05) is 11.6 Å². The Morgan fingerprint density at radius 1 is 1.63 bits per heavy atom. The number of aryl methyl sites for hydroxylation is 2. The van der Waals surface area contributed by atoms with Crippen LogP contribution in [0.3, 0.4) is 0 Å². The summed E-state index contributed by atoms with van der Waals surface area (Å²) >= 11 is 7.29. The minimum absolute atomic E-state index is 0.251. The van der Waals surface area contributed by atoms with Gasteiger partial charge in [0.05, 0.1) is 16.4 Å². The van der Waals surface area contributed by atoms with E-state index in [9.17, 15) is 4.79 Å². The van der Waals surface area contributed by atoms with Gasteiger partial charge in [-0.3, -0.25) is 4.68 Å². The highest BCUT2D eigenvalue weighted by atomic mass is 35.5. The second-order valence-electron chi connectivity index (χ2n) is 3.90. The smallest absolute Gasteiger partial charge is 0.346 e. The highest BCUT2D eigenvalue weighted by Gasteiger charge is 2.14. The van der Waals surface area contributed by atoms with Crippen LogP contribution in [0.4, 0.5) is 0 Å². The number of aromatic nitrogens is 2. The average Bonchev–Trinajstić information content (AvgIpc) is 2.94. The van der Waals surface area contributed by atoms with Crippen LogP contribution in [0.5, 0.6) is 5.75 Å². The molecule has 0 saturated heterocycles. The van der Waals surface area contributed by atoms with E-state index in [0.717, 1.165) is 22.7 Å². The highest BCUT2D eigenvalue weighted by molar-refractivity contribution is 7.12. The summed E-state index contributed by atoms with van der Waals surface area (Å²) in [5.41, 5.74) is 1.56. The number of nitrogens with zero attached hydrogens (tertiary/aromatic N) is 2. The Morgan fingerprint density at radius 3 is 2.95 bits per heavy atom. The second kappa shape index (κ2) is 5.63. The van der Waals surface area contributed by atoms with Gasteiger partial charge in [0.25, 0.3) is 0 Å². The monoisotopic (exact) mass is 300 g/mol. The Balaban J connectivity index is 2.11. The second-order valence-corrected chi connectivity index (χ2v) is 5.19. The molecule has 2 rings (SSSR count). The molecule has 0 radical (unpaired) electrons. The van der Waals surface area contributed by atoms with E-state index < -0.39 is 5.97 Å². The van der Waals surface area contributed by atoms with E-state index in [1.54, 1.807) is 10.1 Å². The van der Waals surface area contributed by atoms with Crippen LogP contribution in [0.2, 0.25) is 5.02 Å². The maximum atomic E-state index is 10.8. The minimum Gasteiger partial charge on any atom is -0.486 e. The molecule has 0 atom stereocenters. The minimum atomic E-state index is -0.952. The number of hydrogen-bond acceptors (Lipinski definition) is 4. The zero-order valence-electron chi connectivity index (χ0n) is 10.5. The van der Waals surface area contributed by atoms with E-state index in [0.29, 0.717) is 17.3 Å². The summed E-state index contributed by atoms with van der Waals surface area (Å²) in [6.07, 6.45) is 0. The van der Waals surface area contributed by atoms with Crippen molar-refractivity contribution in [3.05, 3.63) is 32.7 Å². The molecular weight excluding hydrogens is 288 g/mol. The molecule has 19 heavy (non-hydrogen) atoms. The lowest BCUT2D eigenvalue weighted by Gasteiger charge is -2.06. The van der Waals surface area contributed by atoms with Gasteiger partial charge in [0, 0.05) is 18.0 Å². The molecule has 0 aliphatic carbocycles. The zero-order valence-corrected chi connectivity index (χ0v) is 12.1. The Morgan fingerprint density at radius 2 is 2.37 bits per heavy atom. The lowest BCUT2D eigenvalue weighted by atomic mass is 10.4. The topological polar surface area (TPSA) is 64.4 Å². The van der Waals surface area contributed by atoms with Crippen molar-refractivity contribution in [3.63, 3.8) is 0 Å². The third kappa shape index (κ3) is 2.90. The number of ether oxygens (including phenoxy) is 1. The standard InChI is InChI=1S/C12H13ClN2O3S/c1-3-15-9(11(13)7(2)14-15)5-18-8-4-10(12(16)17)19-6-8/h4,6H,3,5H2,1-2H3,(H,16,17). The van der Waals surface area contributed by atoms with Crippen molar-refractivity contribution in [2.75, 3.05) is 0 Å². The van der Waals surface area contributed by atoms with Crippen molar-refractivity contribution >= 4 is 28.9 Å². The first-order valence-corrected chi connectivity index (χ1v) is 6.95. The Hall–Kier alpha value is -1.53. The van der Waals surface area contributed by atoms with Gasteiger partial charge in [-0.05, 0) is 13.8 Å². The fraction of sp³-hybridized carbons (Fsp3) is 0.333. The van der Waals surface area contributed by atoms with E-state index in [-0.39, 0.29) is 11.5 Å². The summed E-state index contributed by atoms with van der Waals surface area (Å²) in [7, 11) is 0. The number of carbonyl (C=O) groups is 1. The molecule has 2 aromatic rings. The Labute approximate surface area is 119 Å². The molecule has 5 nitrogen and oxygen atoms in total. The summed E-state index contributed by atoms with van der Waals surface area (Å²) in [6, 6.07) is 1.50. The van der Waals surface area contributed by atoms with E-state index in [4.69, 9.17) is 21.4 Å². The predicted molar refractivity (Wildman–Crippen MR) is 73.3 cm³/mol. The number of rotatable bonds is 5. The molecule has 102 valence electrons. The van der Waals surface area contributed by atoms with Crippen molar-refractivity contribution in [2.24, 2.45) is 0 Å². The van der Waals surface area contributed by atoms with Crippen LogP contribution < -0.4 is 4.74 Å². The largest absolute Gasteiger partial charge is 0.486 e. The molecule has 0 aliphatic rings. The molecule has 7 heteroatoms. The molecule has 0 aromatic carbocycles. The van der Waals surface area contributed by atoms with E-state index in [2.05, 4.69) is 5.10 Å². The number of aromatic carboxylic acids is 1. The van der Waals surface area contributed by atoms with Gasteiger partial charge in [-0.25, -0.2) is 4.79 Å². The lowest BCUT2D eigenvalue weighted by Crippen LogP contribution is -2.06. The number of hydrogen-bond donors (Lipinski definition) is 1. The Bertz CT molecular complexity index is 606. The van der Waals surface area contributed by atoms with Crippen molar-refractivity contribution in [2.45, 2.75) is 27.0 Å². The zero-order chi connectivity index (χ0) is 14.0. The van der Waals surface area contributed by atoms with E-state index >= 15 is 0 Å². The van der Waals surface area contributed by atoms with E-state index in [1.807, 2.05) is 13.8 Å². The summed E-state index contributed by atoms with van der Waals surface area (Å²) in [6.45, 7) is 4.78. The number of halogens is 1. The molecule has 1 N–H and O–H groups in total. The first-order valence-electron chi connectivity index (χ1n) is 5.69. The number of carboxylic acids is 1. The SMILES string of the molecule is CCn1nc(C)c(Cl)c1COc1csc(C(=O)O)c1. The lowest BCUT2D eigenvalue weighted by molar-refractivity contribution is 0.0702. The average molecular weight is 301 g/mol. The molecule has 2 aromatic heterocycles. The maximum absolute atomic E-state index is 10.8. The third-order valence-electron chi connectivity index (χ3n) is 2.61. The van der Waals surface area contributed by atoms with Gasteiger partial charge in [0.1, 0.15) is 17.2 Å². The normalized spacial score (nSPS) is 10.7. The van der Waals surface area contributed by atoms with Crippen LogP contribution in [0, 0.1) is 6.92 Å². The molecule has 0 amide bonds. The van der Waals surface area contributed by atoms with Crippen LogP contribution in [0.1, 0.15) is 28.0 Å².